The number of hydrogen-bond acceptors (Lipinski definition) is 3. The molecule has 2 aromatic carbocycles. The Balaban J connectivity index is 0.00000220. The van der Waals surface area contributed by atoms with E-state index >= 15 is 0 Å². The standard InChI is InChI=1S/C15H10O5.2K/c16-13(9-1-5-11(6-2-9)14(17)18)10-3-7-12(8-4-10)15(19)20;;/h1-8H,(H,17,18)(H,19,20);;. The van der Waals surface area contributed by atoms with E-state index in [4.69, 9.17) is 10.2 Å². The van der Waals surface area contributed by atoms with Crippen LogP contribution in [0.3, 0.4) is 0 Å². The second-order valence-corrected chi connectivity index (χ2v) is 4.09. The Kier molecular flexibility index (Phi) is 10.4. The first-order valence-electron chi connectivity index (χ1n) is 5.70. The van der Waals surface area contributed by atoms with Gasteiger partial charge in [0.15, 0.2) is 5.78 Å². The van der Waals surface area contributed by atoms with E-state index in [9.17, 15) is 14.4 Å². The van der Waals surface area contributed by atoms with Crippen LogP contribution in [0.15, 0.2) is 48.5 Å². The van der Waals surface area contributed by atoms with Crippen molar-refractivity contribution in [3.05, 3.63) is 70.8 Å². The Morgan fingerprint density at radius 2 is 0.773 bits per heavy atom. The van der Waals surface area contributed by atoms with E-state index < -0.39 is 11.9 Å². The molecule has 0 unspecified atom stereocenters. The zero-order valence-corrected chi connectivity index (χ0v) is 18.5. The third-order valence-electron chi connectivity index (χ3n) is 2.79. The number of carbonyl (C=O) groups is 3. The molecule has 5 nitrogen and oxygen atoms in total. The topological polar surface area (TPSA) is 91.7 Å². The molecule has 0 aliphatic rings. The van der Waals surface area contributed by atoms with Gasteiger partial charge in [-0.1, -0.05) is 24.3 Å². The van der Waals surface area contributed by atoms with E-state index in [-0.39, 0.29) is 120 Å². The van der Waals surface area contributed by atoms with Crippen molar-refractivity contribution >= 4 is 120 Å². The van der Waals surface area contributed by atoms with Gasteiger partial charge in [-0.3, -0.25) is 4.79 Å². The average molecular weight is 348 g/mol. The number of carbonyl (C=O) groups excluding carboxylic acids is 1. The third kappa shape index (κ3) is 5.75. The van der Waals surface area contributed by atoms with Crippen LogP contribution < -0.4 is 0 Å². The summed E-state index contributed by atoms with van der Waals surface area (Å²) >= 11 is 0. The number of carboxylic acids is 2. The van der Waals surface area contributed by atoms with Gasteiger partial charge >= 0.3 is 11.9 Å². The van der Waals surface area contributed by atoms with Gasteiger partial charge in [0.2, 0.25) is 0 Å². The molecule has 2 rings (SSSR count). The first-order valence-corrected chi connectivity index (χ1v) is 5.70. The molecule has 7 heteroatoms. The maximum Gasteiger partial charge on any atom is 0.335 e. The normalized spacial score (nSPS) is 9.09. The number of aromatic carboxylic acids is 2. The van der Waals surface area contributed by atoms with Crippen molar-refractivity contribution < 1.29 is 24.6 Å². The number of rotatable bonds is 4. The molecule has 0 saturated carbocycles. The maximum atomic E-state index is 12.1. The van der Waals surface area contributed by atoms with Crippen molar-refractivity contribution in [2.45, 2.75) is 0 Å². The number of benzene rings is 2. The van der Waals surface area contributed by atoms with Gasteiger partial charge in [-0.15, -0.1) is 0 Å². The Morgan fingerprint density at radius 3 is 1.00 bits per heavy atom. The van der Waals surface area contributed by atoms with E-state index in [0.717, 1.165) is 0 Å². The minimum atomic E-state index is -1.06. The molecule has 0 spiro atoms. The molecule has 102 valence electrons. The zero-order chi connectivity index (χ0) is 14.7. The molecule has 0 atom stereocenters. The van der Waals surface area contributed by atoms with Crippen molar-refractivity contribution in [2.24, 2.45) is 0 Å². The van der Waals surface area contributed by atoms with Crippen molar-refractivity contribution in [3.8, 4) is 0 Å². The first-order chi connectivity index (χ1) is 9.49. The minimum absolute atomic E-state index is 0. The molecular weight excluding hydrogens is 338 g/mol. The molecule has 0 saturated heterocycles. The minimum Gasteiger partial charge on any atom is -0.478 e. The van der Waals surface area contributed by atoms with Crippen molar-refractivity contribution in [2.75, 3.05) is 0 Å². The van der Waals surface area contributed by atoms with E-state index in [2.05, 4.69) is 0 Å². The fourth-order valence-corrected chi connectivity index (χ4v) is 1.70. The summed E-state index contributed by atoms with van der Waals surface area (Å²) in [6, 6.07) is 11.1. The Hall–Kier alpha value is 0.323. The van der Waals surface area contributed by atoms with Gasteiger partial charge in [0.25, 0.3) is 0 Å². The van der Waals surface area contributed by atoms with Crippen LogP contribution in [0.25, 0.3) is 0 Å². The van der Waals surface area contributed by atoms with Crippen LogP contribution >= 0.6 is 0 Å². The van der Waals surface area contributed by atoms with Gasteiger partial charge in [0, 0.05) is 114 Å². The van der Waals surface area contributed by atoms with E-state index in [1.807, 2.05) is 0 Å². The quantitative estimate of drug-likeness (QED) is 0.646. The summed E-state index contributed by atoms with van der Waals surface area (Å²) < 4.78 is 0. The molecule has 2 aromatic rings. The second-order valence-electron chi connectivity index (χ2n) is 4.09. The first kappa shape index (κ1) is 22.3. The van der Waals surface area contributed by atoms with Crippen molar-refractivity contribution in [1.29, 1.82) is 0 Å². The van der Waals surface area contributed by atoms with Gasteiger partial charge < -0.3 is 10.2 Å². The van der Waals surface area contributed by atoms with E-state index in [1.54, 1.807) is 0 Å². The van der Waals surface area contributed by atoms with Gasteiger partial charge in [-0.2, -0.15) is 0 Å². The predicted octanol–water partition coefficient (Wildman–Crippen LogP) is 1.55. The molecule has 0 aliphatic heterocycles. The zero-order valence-electron chi connectivity index (χ0n) is 12.2. The van der Waals surface area contributed by atoms with Gasteiger partial charge in [0.1, 0.15) is 0 Å². The van der Waals surface area contributed by atoms with Crippen LogP contribution in [0.2, 0.25) is 0 Å². The summed E-state index contributed by atoms with van der Waals surface area (Å²) in [5.41, 5.74) is 0.890. The van der Waals surface area contributed by atoms with Crippen LogP contribution in [0.1, 0.15) is 36.6 Å². The molecule has 0 bridgehead atoms. The van der Waals surface area contributed by atoms with Crippen molar-refractivity contribution in [3.63, 3.8) is 0 Å². The molecule has 22 heavy (non-hydrogen) atoms. The fraction of sp³-hybridized carbons (Fsp3) is 0. The summed E-state index contributed by atoms with van der Waals surface area (Å²) in [5, 5.41) is 17.5. The van der Waals surface area contributed by atoms with Crippen LogP contribution in [0.4, 0.5) is 0 Å². The number of ketones is 1. The Bertz CT molecular complexity index is 619. The molecule has 2 N–H and O–H groups in total. The summed E-state index contributed by atoms with van der Waals surface area (Å²) in [7, 11) is 0. The predicted molar refractivity (Wildman–Crippen MR) is 81.7 cm³/mol. The van der Waals surface area contributed by atoms with Gasteiger partial charge in [0.05, 0.1) is 11.1 Å². The van der Waals surface area contributed by atoms with E-state index in [1.165, 1.54) is 48.5 Å². The fourth-order valence-electron chi connectivity index (χ4n) is 1.70. The number of hydrogen-bond donors (Lipinski definition) is 2. The third-order valence-corrected chi connectivity index (χ3v) is 2.79. The summed E-state index contributed by atoms with van der Waals surface area (Å²) in [4.78, 5) is 33.5. The molecule has 0 aliphatic carbocycles. The molecule has 0 aromatic heterocycles. The summed E-state index contributed by atoms with van der Waals surface area (Å²) in [5.74, 6) is -2.41. The molecule has 0 fully saturated rings. The molecule has 2 radical (unpaired) electrons. The van der Waals surface area contributed by atoms with Gasteiger partial charge in [-0.05, 0) is 24.3 Å². The SMILES string of the molecule is O=C(O)c1ccc(C(=O)c2ccc(C(=O)O)cc2)cc1.[K].[K]. The summed E-state index contributed by atoms with van der Waals surface area (Å²) in [6.07, 6.45) is 0. The summed E-state index contributed by atoms with van der Waals surface area (Å²) in [6.45, 7) is 0. The molecule has 0 amide bonds. The van der Waals surface area contributed by atoms with Crippen LogP contribution in [-0.4, -0.2) is 131 Å². The monoisotopic (exact) mass is 348 g/mol. The van der Waals surface area contributed by atoms with Crippen LogP contribution in [-0.2, 0) is 0 Å². The number of carboxylic acid groups (broad SMARTS) is 2. The van der Waals surface area contributed by atoms with E-state index in [0.29, 0.717) is 11.1 Å². The van der Waals surface area contributed by atoms with Crippen LogP contribution in [0, 0.1) is 0 Å². The molecular formula is C15H10K2O5. The smallest absolute Gasteiger partial charge is 0.335 e. The second kappa shape index (κ2) is 10.2. The Labute approximate surface area is 212 Å². The average Bonchev–Trinajstić information content (AvgIpc) is 2.46. The van der Waals surface area contributed by atoms with Gasteiger partial charge in [-0.25, -0.2) is 9.59 Å². The van der Waals surface area contributed by atoms with Crippen LogP contribution in [0.5, 0.6) is 0 Å². The van der Waals surface area contributed by atoms with Crippen molar-refractivity contribution in [1.82, 2.24) is 0 Å². The maximum absolute atomic E-state index is 12.1. The molecule has 0 heterocycles. The largest absolute Gasteiger partial charge is 0.478 e. The Morgan fingerprint density at radius 1 is 0.545 bits per heavy atom.